The highest BCUT2D eigenvalue weighted by Gasteiger charge is 2.60. The van der Waals surface area contributed by atoms with Gasteiger partial charge in [0.1, 0.15) is 6.61 Å². The van der Waals surface area contributed by atoms with E-state index in [1.165, 1.54) is 50.5 Å². The van der Waals surface area contributed by atoms with E-state index in [9.17, 15) is 5.11 Å². The van der Waals surface area contributed by atoms with Crippen LogP contribution in [0.15, 0.2) is 16.8 Å². The second kappa shape index (κ2) is 9.17. The van der Waals surface area contributed by atoms with Crippen molar-refractivity contribution in [1.29, 1.82) is 0 Å². The van der Waals surface area contributed by atoms with Gasteiger partial charge in [-0.1, -0.05) is 31.5 Å². The highest BCUT2D eigenvalue weighted by atomic mass is 16.6. The van der Waals surface area contributed by atoms with Crippen LogP contribution in [0.4, 0.5) is 0 Å². The molecule has 31 heavy (non-hydrogen) atoms. The fourth-order valence-corrected chi connectivity index (χ4v) is 8.39. The largest absolute Gasteiger partial charge is 0.394 e. The minimum atomic E-state index is -0.155. The van der Waals surface area contributed by atoms with E-state index < -0.39 is 0 Å². The van der Waals surface area contributed by atoms with Crippen molar-refractivity contribution in [3.8, 4) is 0 Å². The van der Waals surface area contributed by atoms with Crippen LogP contribution >= 0.6 is 0 Å². The third-order valence-electron chi connectivity index (χ3n) is 10.1. The number of rotatable bonds is 6. The minimum absolute atomic E-state index is 0.155. The summed E-state index contributed by atoms with van der Waals surface area (Å²) >= 11 is 0. The Hall–Kier alpha value is -0.870. The third kappa shape index (κ3) is 4.49. The van der Waals surface area contributed by atoms with Crippen LogP contribution in [0.2, 0.25) is 0 Å². The number of oxime groups is 1. The topological polar surface area (TPSA) is 45.1 Å². The number of allylic oxidation sites excluding steroid dienone is 2. The van der Waals surface area contributed by atoms with Gasteiger partial charge in [-0.3, -0.25) is 0 Å². The standard InChI is InChI=1S/C27H46N2O2/c1-19(18-28-31-14-13-29(4)5)15-21-17-22(30)16-20-8-9-23-24-7-6-11-26(24,2)12-10-25(23)27(20,21)3/h15,18,20-25,30H,6-14,16-17H2,1-5H3/b19-15+,28-18+/t20-,21?,22-,23+,24+,25+,26+,27-/m1/s1. The first kappa shape index (κ1) is 23.3. The number of hydrogen-bond acceptors (Lipinski definition) is 4. The fraction of sp³-hybridized carbons (Fsp3) is 0.889. The van der Waals surface area contributed by atoms with Crippen molar-refractivity contribution in [2.45, 2.75) is 84.7 Å². The number of aliphatic hydroxyl groups is 1. The molecule has 8 atom stereocenters. The molecule has 0 aromatic heterocycles. The Morgan fingerprint density at radius 2 is 1.90 bits per heavy atom. The molecule has 4 aliphatic rings. The monoisotopic (exact) mass is 430 g/mol. The Morgan fingerprint density at radius 1 is 1.10 bits per heavy atom. The lowest BCUT2D eigenvalue weighted by molar-refractivity contribution is -0.141. The summed E-state index contributed by atoms with van der Waals surface area (Å²) in [5.41, 5.74) is 2.09. The molecule has 4 nitrogen and oxygen atoms in total. The van der Waals surface area contributed by atoms with Gasteiger partial charge in [0.25, 0.3) is 0 Å². The van der Waals surface area contributed by atoms with Crippen molar-refractivity contribution in [3.05, 3.63) is 11.6 Å². The molecule has 0 aliphatic heterocycles. The van der Waals surface area contributed by atoms with Crippen LogP contribution in [-0.2, 0) is 4.84 Å². The highest BCUT2D eigenvalue weighted by molar-refractivity contribution is 5.77. The van der Waals surface area contributed by atoms with E-state index in [0.29, 0.717) is 29.3 Å². The van der Waals surface area contributed by atoms with E-state index in [-0.39, 0.29) is 6.10 Å². The molecular formula is C27H46N2O2. The van der Waals surface area contributed by atoms with Gasteiger partial charge in [0.15, 0.2) is 0 Å². The lowest BCUT2D eigenvalue weighted by Gasteiger charge is -2.62. The summed E-state index contributed by atoms with van der Waals surface area (Å²) in [4.78, 5) is 7.54. The molecule has 1 N–H and O–H groups in total. The van der Waals surface area contributed by atoms with E-state index in [2.05, 4.69) is 36.9 Å². The molecule has 4 fully saturated rings. The normalized spacial score (nSPS) is 45.5. The van der Waals surface area contributed by atoms with E-state index in [4.69, 9.17) is 4.84 Å². The van der Waals surface area contributed by atoms with Crippen molar-refractivity contribution in [3.63, 3.8) is 0 Å². The van der Waals surface area contributed by atoms with E-state index in [1.54, 1.807) is 0 Å². The van der Waals surface area contributed by atoms with Crippen LogP contribution < -0.4 is 0 Å². The molecule has 4 rings (SSSR count). The SMILES string of the molecule is CC(/C=N/OCCN(C)C)=C\C1C[C@H](O)C[C@H]2CC[C@H]3[C@@H]4CCC[C@@]4(C)CC[C@@H]3[C@@]12C. The molecule has 0 radical (unpaired) electrons. The molecule has 1 unspecified atom stereocenters. The van der Waals surface area contributed by atoms with Gasteiger partial charge in [-0.15, -0.1) is 0 Å². The van der Waals surface area contributed by atoms with Gasteiger partial charge >= 0.3 is 0 Å². The molecule has 0 amide bonds. The number of fused-ring (bicyclic) bond motifs is 5. The first-order chi connectivity index (χ1) is 14.7. The maximum atomic E-state index is 10.7. The van der Waals surface area contributed by atoms with Crippen molar-refractivity contribution in [1.82, 2.24) is 4.90 Å². The Bertz CT molecular complexity index is 689. The zero-order valence-corrected chi connectivity index (χ0v) is 20.6. The fourth-order valence-electron chi connectivity index (χ4n) is 8.39. The van der Waals surface area contributed by atoms with Crippen LogP contribution in [0.25, 0.3) is 0 Å². The summed E-state index contributed by atoms with van der Waals surface area (Å²) in [5, 5.41) is 14.9. The zero-order chi connectivity index (χ0) is 22.2. The van der Waals surface area contributed by atoms with E-state index in [1.807, 2.05) is 20.3 Å². The third-order valence-corrected chi connectivity index (χ3v) is 10.1. The van der Waals surface area contributed by atoms with Crippen LogP contribution in [0, 0.1) is 40.4 Å². The second-order valence-corrected chi connectivity index (χ2v) is 12.1. The molecule has 4 heteroatoms. The van der Waals surface area contributed by atoms with Gasteiger partial charge in [0, 0.05) is 6.54 Å². The van der Waals surface area contributed by atoms with Crippen molar-refractivity contribution in [2.75, 3.05) is 27.2 Å². The van der Waals surface area contributed by atoms with Crippen molar-refractivity contribution >= 4 is 6.21 Å². The summed E-state index contributed by atoms with van der Waals surface area (Å²) in [5.74, 6) is 3.75. The Morgan fingerprint density at radius 3 is 2.68 bits per heavy atom. The molecule has 176 valence electrons. The minimum Gasteiger partial charge on any atom is -0.394 e. The molecule has 4 saturated carbocycles. The number of likely N-dealkylation sites (N-methyl/N-ethyl adjacent to an activating group) is 1. The van der Waals surface area contributed by atoms with Gasteiger partial charge in [0.2, 0.25) is 0 Å². The lowest BCUT2D eigenvalue weighted by Crippen LogP contribution is -2.56. The summed E-state index contributed by atoms with van der Waals surface area (Å²) in [6.07, 6.45) is 15.9. The maximum absolute atomic E-state index is 10.7. The Labute approximate surface area is 190 Å². The first-order valence-corrected chi connectivity index (χ1v) is 12.9. The smallest absolute Gasteiger partial charge is 0.129 e. The van der Waals surface area contributed by atoms with E-state index in [0.717, 1.165) is 37.1 Å². The van der Waals surface area contributed by atoms with Crippen LogP contribution in [0.1, 0.15) is 78.6 Å². The summed E-state index contributed by atoms with van der Waals surface area (Å²) in [6.45, 7) is 8.82. The number of aliphatic hydroxyl groups excluding tert-OH is 1. The summed E-state index contributed by atoms with van der Waals surface area (Å²) < 4.78 is 0. The highest BCUT2D eigenvalue weighted by Crippen LogP contribution is 2.67. The van der Waals surface area contributed by atoms with Gasteiger partial charge in [-0.25, -0.2) is 0 Å². The van der Waals surface area contributed by atoms with Crippen LogP contribution in [0.3, 0.4) is 0 Å². The zero-order valence-electron chi connectivity index (χ0n) is 20.6. The van der Waals surface area contributed by atoms with Gasteiger partial charge in [-0.05, 0) is 118 Å². The molecule has 0 heterocycles. The van der Waals surface area contributed by atoms with Gasteiger partial charge in [0.05, 0.1) is 12.3 Å². The average molecular weight is 431 g/mol. The van der Waals surface area contributed by atoms with Crippen molar-refractivity contribution in [2.24, 2.45) is 45.6 Å². The van der Waals surface area contributed by atoms with E-state index >= 15 is 0 Å². The molecule has 0 saturated heterocycles. The van der Waals surface area contributed by atoms with Crippen LogP contribution in [-0.4, -0.2) is 49.6 Å². The summed E-state index contributed by atoms with van der Waals surface area (Å²) in [7, 11) is 4.08. The summed E-state index contributed by atoms with van der Waals surface area (Å²) in [6, 6.07) is 0. The van der Waals surface area contributed by atoms with Gasteiger partial charge in [-0.2, -0.15) is 0 Å². The molecule has 0 spiro atoms. The molecule has 0 aromatic carbocycles. The molecular weight excluding hydrogens is 384 g/mol. The Kier molecular flexibility index (Phi) is 6.89. The van der Waals surface area contributed by atoms with Crippen molar-refractivity contribution < 1.29 is 9.94 Å². The maximum Gasteiger partial charge on any atom is 0.129 e. The lowest BCUT2D eigenvalue weighted by atomic mass is 9.42. The predicted octanol–water partition coefficient (Wildman–Crippen LogP) is 5.52. The molecule has 4 aliphatic carbocycles. The predicted molar refractivity (Wildman–Crippen MR) is 128 cm³/mol. The number of hydrogen-bond donors (Lipinski definition) is 1. The van der Waals surface area contributed by atoms with Crippen LogP contribution in [0.5, 0.6) is 0 Å². The Balaban J connectivity index is 1.52. The quantitative estimate of drug-likeness (QED) is 0.343. The molecule has 0 aromatic rings. The molecule has 0 bridgehead atoms. The first-order valence-electron chi connectivity index (χ1n) is 12.9. The van der Waals surface area contributed by atoms with Gasteiger partial charge < -0.3 is 14.8 Å². The average Bonchev–Trinajstić information content (AvgIpc) is 3.10. The second-order valence-electron chi connectivity index (χ2n) is 12.1. The number of nitrogens with zero attached hydrogens (tertiary/aromatic N) is 2.